The Morgan fingerprint density at radius 2 is 1.77 bits per heavy atom. The third kappa shape index (κ3) is 4.19. The van der Waals surface area contributed by atoms with E-state index in [-0.39, 0.29) is 11.7 Å². The molecule has 212 valence electrons. The molecule has 5 rings (SSSR count). The quantitative estimate of drug-likeness (QED) is 0.323. The smallest absolute Gasteiger partial charge is 0.404 e. The third-order valence-corrected chi connectivity index (χ3v) is 8.41. The van der Waals surface area contributed by atoms with Crippen molar-refractivity contribution in [3.8, 4) is 5.75 Å². The average molecular weight is 552 g/mol. The first-order valence-corrected chi connectivity index (χ1v) is 13.3. The summed E-state index contributed by atoms with van der Waals surface area (Å²) < 4.78 is 5.39. The van der Waals surface area contributed by atoms with Crippen molar-refractivity contribution in [2.45, 2.75) is 62.6 Å². The molecular formula is C28H33N5O7. The van der Waals surface area contributed by atoms with Gasteiger partial charge in [0.1, 0.15) is 24.1 Å². The van der Waals surface area contributed by atoms with E-state index in [1.807, 2.05) is 36.9 Å². The molecule has 3 aliphatic heterocycles. The number of likely N-dealkylation sites (N-methyl/N-ethyl adjacent to an activating group) is 1. The van der Waals surface area contributed by atoms with Gasteiger partial charge in [-0.1, -0.05) is 50.6 Å². The van der Waals surface area contributed by atoms with Gasteiger partial charge in [-0.15, -0.1) is 0 Å². The molecule has 2 fully saturated rings. The van der Waals surface area contributed by atoms with Crippen molar-refractivity contribution >= 4 is 29.6 Å². The van der Waals surface area contributed by atoms with Crippen LogP contribution in [0.4, 0.5) is 10.5 Å². The van der Waals surface area contributed by atoms with E-state index in [1.165, 1.54) is 17.0 Å². The summed E-state index contributed by atoms with van der Waals surface area (Å²) in [4.78, 5) is 55.6. The monoisotopic (exact) mass is 551 g/mol. The Morgan fingerprint density at radius 3 is 2.38 bits per heavy atom. The van der Waals surface area contributed by atoms with Crippen molar-refractivity contribution in [2.24, 2.45) is 11.7 Å². The van der Waals surface area contributed by atoms with E-state index in [0.717, 1.165) is 0 Å². The van der Waals surface area contributed by atoms with Crippen LogP contribution in [0.1, 0.15) is 43.4 Å². The van der Waals surface area contributed by atoms with Crippen LogP contribution in [0.2, 0.25) is 0 Å². The number of phenols is 1. The van der Waals surface area contributed by atoms with Crippen molar-refractivity contribution in [1.82, 2.24) is 15.5 Å². The lowest BCUT2D eigenvalue weighted by Crippen LogP contribution is -2.68. The predicted octanol–water partition coefficient (Wildman–Crippen LogP) is 1.26. The molecule has 0 aliphatic carbocycles. The highest BCUT2D eigenvalue weighted by Crippen LogP contribution is 2.56. The first-order chi connectivity index (χ1) is 19.1. The van der Waals surface area contributed by atoms with Gasteiger partial charge in [-0.25, -0.2) is 9.59 Å². The zero-order valence-corrected chi connectivity index (χ0v) is 22.4. The second kappa shape index (κ2) is 10.3. The molecule has 3 heterocycles. The van der Waals surface area contributed by atoms with Crippen LogP contribution in [0.25, 0.3) is 0 Å². The zero-order chi connectivity index (χ0) is 28.9. The molecule has 40 heavy (non-hydrogen) atoms. The van der Waals surface area contributed by atoms with E-state index in [2.05, 4.69) is 10.6 Å². The number of para-hydroxylation sites is 1. The Balaban J connectivity index is 1.69. The lowest BCUT2D eigenvalue weighted by atomic mass is 9.91. The number of nitrogens with one attached hydrogen (secondary N) is 2. The number of aromatic hydroxyl groups is 1. The molecule has 2 aromatic carbocycles. The summed E-state index contributed by atoms with van der Waals surface area (Å²) in [5.74, 6) is -3.10. The second-order valence-corrected chi connectivity index (χ2v) is 10.5. The average Bonchev–Trinajstić information content (AvgIpc) is 3.42. The van der Waals surface area contributed by atoms with Crippen LogP contribution < -0.4 is 21.3 Å². The minimum atomic E-state index is -1.53. The first-order valence-electron chi connectivity index (χ1n) is 13.3. The lowest BCUT2D eigenvalue weighted by Gasteiger charge is -2.49. The van der Waals surface area contributed by atoms with Crippen molar-refractivity contribution in [3.63, 3.8) is 0 Å². The molecule has 2 saturated heterocycles. The van der Waals surface area contributed by atoms with Crippen LogP contribution in [-0.2, 0) is 19.1 Å². The van der Waals surface area contributed by atoms with Crippen LogP contribution in [0.5, 0.6) is 5.75 Å². The summed E-state index contributed by atoms with van der Waals surface area (Å²) in [6, 6.07) is 9.50. The molecule has 3 amide bonds. The third-order valence-electron chi connectivity index (χ3n) is 8.41. The number of hydrogen-bond acceptors (Lipinski definition) is 8. The molecule has 2 aromatic rings. The zero-order valence-electron chi connectivity index (χ0n) is 22.4. The highest BCUT2D eigenvalue weighted by atomic mass is 16.6. The Labute approximate surface area is 231 Å². The number of benzene rings is 2. The number of rotatable bonds is 8. The van der Waals surface area contributed by atoms with E-state index in [1.54, 1.807) is 25.2 Å². The van der Waals surface area contributed by atoms with Gasteiger partial charge in [-0.05, 0) is 42.3 Å². The Morgan fingerprint density at radius 1 is 1.10 bits per heavy atom. The molecule has 0 saturated carbocycles. The highest BCUT2D eigenvalue weighted by molar-refractivity contribution is 5.96. The SMILES string of the molecule is CCC(C)C(NC)C(=O)NC1C(=O)N2C(C(=O)O)C(OC(N)=O)C3c4ccccc4N(C1c1ccc(O)cc1)C32. The molecule has 3 aliphatic rings. The van der Waals surface area contributed by atoms with Crippen molar-refractivity contribution in [3.05, 3.63) is 59.7 Å². The number of carboxylic acids is 1. The molecule has 8 unspecified atom stereocenters. The van der Waals surface area contributed by atoms with E-state index in [4.69, 9.17) is 10.5 Å². The summed E-state index contributed by atoms with van der Waals surface area (Å²) >= 11 is 0. The van der Waals surface area contributed by atoms with Gasteiger partial charge in [0.25, 0.3) is 0 Å². The van der Waals surface area contributed by atoms with Gasteiger partial charge >= 0.3 is 12.1 Å². The highest BCUT2D eigenvalue weighted by Gasteiger charge is 2.67. The minimum Gasteiger partial charge on any atom is -0.508 e. The fourth-order valence-electron chi connectivity index (χ4n) is 6.54. The fraction of sp³-hybridized carbons (Fsp3) is 0.429. The van der Waals surface area contributed by atoms with Crippen molar-refractivity contribution < 1.29 is 34.1 Å². The summed E-state index contributed by atoms with van der Waals surface area (Å²) in [5, 5.41) is 26.2. The number of anilines is 1. The van der Waals surface area contributed by atoms with Gasteiger partial charge in [0.2, 0.25) is 11.8 Å². The van der Waals surface area contributed by atoms with Gasteiger partial charge in [0.15, 0.2) is 6.04 Å². The summed E-state index contributed by atoms with van der Waals surface area (Å²) in [7, 11) is 1.67. The molecule has 0 radical (unpaired) electrons. The number of aliphatic carboxylic acids is 1. The van der Waals surface area contributed by atoms with E-state index in [0.29, 0.717) is 23.2 Å². The minimum absolute atomic E-state index is 0.0292. The van der Waals surface area contributed by atoms with Gasteiger partial charge in [-0.2, -0.15) is 0 Å². The number of nitrogens with zero attached hydrogens (tertiary/aromatic N) is 2. The topological polar surface area (TPSA) is 175 Å². The van der Waals surface area contributed by atoms with Gasteiger partial charge in [-0.3, -0.25) is 9.59 Å². The molecule has 12 nitrogen and oxygen atoms in total. The number of carbonyl (C=O) groups excluding carboxylic acids is 3. The normalized spacial score (nSPS) is 27.9. The molecule has 8 atom stereocenters. The number of ether oxygens (including phenoxy) is 1. The summed E-state index contributed by atoms with van der Waals surface area (Å²) in [5.41, 5.74) is 7.40. The molecule has 0 aromatic heterocycles. The molecule has 0 spiro atoms. The van der Waals surface area contributed by atoms with Gasteiger partial charge < -0.3 is 41.1 Å². The maximum Gasteiger partial charge on any atom is 0.404 e. The van der Waals surface area contributed by atoms with Crippen molar-refractivity contribution in [2.75, 3.05) is 11.9 Å². The standard InChI is InChI=1S/C28H33N5O7/c1-4-13(2)19(30-3)24(35)31-20-21(14-9-11-15(34)12-10-14)32-17-8-6-5-7-16(17)18-23(40-28(29)39)22(27(37)38)33(25(18)32)26(20)36/h5-13,18-23,25,30,34H,4H2,1-3H3,(H2,29,39)(H,31,35)(H,37,38). The van der Waals surface area contributed by atoms with Crippen LogP contribution >= 0.6 is 0 Å². The van der Waals surface area contributed by atoms with Crippen molar-refractivity contribution in [1.29, 1.82) is 0 Å². The molecule has 6 N–H and O–H groups in total. The molecule has 12 heteroatoms. The number of primary amides is 1. The number of phenolic OH excluding ortho intramolecular Hbond substituents is 1. The van der Waals surface area contributed by atoms with Crippen LogP contribution in [0.3, 0.4) is 0 Å². The van der Waals surface area contributed by atoms with Gasteiger partial charge in [0, 0.05) is 5.69 Å². The lowest BCUT2D eigenvalue weighted by molar-refractivity contribution is -0.155. The fourth-order valence-corrected chi connectivity index (χ4v) is 6.54. The van der Waals surface area contributed by atoms with E-state index in [9.17, 15) is 29.4 Å². The Kier molecular flexibility index (Phi) is 7.05. The largest absolute Gasteiger partial charge is 0.508 e. The van der Waals surface area contributed by atoms with Crippen LogP contribution in [0.15, 0.2) is 48.5 Å². The number of hydrogen-bond donors (Lipinski definition) is 5. The Hall–Kier alpha value is -4.32. The number of carboxylic acid groups (broad SMARTS) is 1. The second-order valence-electron chi connectivity index (χ2n) is 10.5. The molecule has 0 bridgehead atoms. The van der Waals surface area contributed by atoms with Crippen LogP contribution in [-0.4, -0.2) is 76.4 Å². The first kappa shape index (κ1) is 27.3. The predicted molar refractivity (Wildman–Crippen MR) is 143 cm³/mol. The van der Waals surface area contributed by atoms with E-state index < -0.39 is 66.2 Å². The number of carbonyl (C=O) groups is 4. The maximum atomic E-state index is 14.3. The van der Waals surface area contributed by atoms with E-state index >= 15 is 0 Å². The van der Waals surface area contributed by atoms with Gasteiger partial charge in [0.05, 0.1) is 18.0 Å². The maximum absolute atomic E-state index is 14.3. The number of fused-ring (bicyclic) bond motifs is 3. The number of amides is 3. The molecular weight excluding hydrogens is 518 g/mol. The van der Waals surface area contributed by atoms with Crippen LogP contribution in [0, 0.1) is 5.92 Å². The number of nitrogens with two attached hydrogens (primary N) is 1. The summed E-state index contributed by atoms with van der Waals surface area (Å²) in [6.07, 6.45) is -2.52. The Bertz CT molecular complexity index is 1330. The summed E-state index contributed by atoms with van der Waals surface area (Å²) in [6.45, 7) is 3.88.